The third kappa shape index (κ3) is 5.34. The molecule has 0 aliphatic heterocycles. The molecule has 0 amide bonds. The van der Waals surface area contributed by atoms with Gasteiger partial charge in [-0.1, -0.05) is 24.3 Å². The molecule has 0 saturated heterocycles. The summed E-state index contributed by atoms with van der Waals surface area (Å²) in [6.45, 7) is 1.74. The third-order valence-electron chi connectivity index (χ3n) is 4.21. The summed E-state index contributed by atoms with van der Waals surface area (Å²) in [6.07, 6.45) is -6.80. The van der Waals surface area contributed by atoms with Crippen molar-refractivity contribution >= 4 is 12.2 Å². The smallest absolute Gasteiger partial charge is 0.416 e. The van der Waals surface area contributed by atoms with Crippen LogP contribution in [-0.4, -0.2) is 27.3 Å². The zero-order chi connectivity index (χ0) is 23.5. The molecule has 0 unspecified atom stereocenters. The van der Waals surface area contributed by atoms with Gasteiger partial charge in [-0.2, -0.15) is 26.3 Å². The Balaban J connectivity index is 2.03. The fraction of sp³-hybridized carbons (Fsp3) is 0.190. The monoisotopic (exact) mass is 455 g/mol. The van der Waals surface area contributed by atoms with Gasteiger partial charge in [0.25, 0.3) is 0 Å². The number of hydrogen-bond donors (Lipinski definition) is 0. The second-order valence-corrected chi connectivity index (χ2v) is 6.42. The lowest BCUT2D eigenvalue weighted by atomic mass is 10.1. The number of aromatic nitrogens is 3. The first kappa shape index (κ1) is 23.0. The lowest BCUT2D eigenvalue weighted by Crippen LogP contribution is -2.04. The number of benzene rings is 2. The summed E-state index contributed by atoms with van der Waals surface area (Å²) in [5.74, 6) is -0.589. The molecule has 0 spiro atoms. The highest BCUT2D eigenvalue weighted by Crippen LogP contribution is 2.32. The molecule has 1 heterocycles. The number of alkyl halides is 6. The van der Waals surface area contributed by atoms with Gasteiger partial charge in [0.05, 0.1) is 17.7 Å². The molecule has 0 fully saturated rings. The molecule has 32 heavy (non-hydrogen) atoms. The van der Waals surface area contributed by atoms with Crippen LogP contribution in [0.25, 0.3) is 29.0 Å². The molecule has 0 aliphatic rings. The van der Waals surface area contributed by atoms with Crippen LogP contribution in [0.3, 0.4) is 0 Å². The van der Waals surface area contributed by atoms with Crippen LogP contribution in [0.4, 0.5) is 26.3 Å². The average molecular weight is 455 g/mol. The molecule has 11 heteroatoms. The lowest BCUT2D eigenvalue weighted by molar-refractivity contribution is -0.138. The van der Waals surface area contributed by atoms with Crippen molar-refractivity contribution in [1.29, 1.82) is 0 Å². The number of carbonyl (C=O) groups is 1. The van der Waals surface area contributed by atoms with Gasteiger partial charge in [-0.15, -0.1) is 5.10 Å². The molecule has 0 aliphatic carbocycles. The highest BCUT2D eigenvalue weighted by molar-refractivity contribution is 5.85. The molecule has 0 radical (unpaired) electrons. The van der Waals surface area contributed by atoms with Crippen molar-refractivity contribution in [2.75, 3.05) is 6.61 Å². The first-order valence-electron chi connectivity index (χ1n) is 9.16. The van der Waals surface area contributed by atoms with Crippen molar-refractivity contribution in [1.82, 2.24) is 14.8 Å². The minimum atomic E-state index is -4.53. The van der Waals surface area contributed by atoms with Gasteiger partial charge in [-0.05, 0) is 31.2 Å². The van der Waals surface area contributed by atoms with Gasteiger partial charge in [0.2, 0.25) is 0 Å². The summed E-state index contributed by atoms with van der Waals surface area (Å²) in [5.41, 5.74) is -1.23. The molecule has 0 N–H and O–H groups in total. The van der Waals surface area contributed by atoms with Gasteiger partial charge in [-0.25, -0.2) is 14.5 Å². The Morgan fingerprint density at radius 1 is 0.906 bits per heavy atom. The first-order valence-corrected chi connectivity index (χ1v) is 9.16. The Kier molecular flexibility index (Phi) is 6.37. The molecular formula is C21H15F6N3O2. The van der Waals surface area contributed by atoms with E-state index in [0.717, 1.165) is 35.0 Å². The molecular weight excluding hydrogens is 440 g/mol. The van der Waals surface area contributed by atoms with E-state index in [9.17, 15) is 31.1 Å². The van der Waals surface area contributed by atoms with Crippen molar-refractivity contribution in [3.8, 4) is 22.8 Å². The standard InChI is InChI=1S/C21H15F6N3O2/c1-2-32-17(31)11-12-30-19(14-5-9-16(10-6-14)21(25,26)27)28-18(29-30)13-3-7-15(8-4-13)20(22,23)24/h3-12H,2H2,1H3/b12-11-. The summed E-state index contributed by atoms with van der Waals surface area (Å²) in [4.78, 5) is 15.9. The Hall–Kier alpha value is -3.63. The van der Waals surface area contributed by atoms with Crippen LogP contribution in [0.2, 0.25) is 0 Å². The summed E-state index contributed by atoms with van der Waals surface area (Å²) in [6, 6.07) is 8.16. The Morgan fingerprint density at radius 3 is 1.88 bits per heavy atom. The Morgan fingerprint density at radius 2 is 1.41 bits per heavy atom. The van der Waals surface area contributed by atoms with E-state index >= 15 is 0 Å². The highest BCUT2D eigenvalue weighted by Gasteiger charge is 2.31. The van der Waals surface area contributed by atoms with E-state index in [1.807, 2.05) is 0 Å². The summed E-state index contributed by atoms with van der Waals surface area (Å²) >= 11 is 0. The second kappa shape index (κ2) is 8.85. The largest absolute Gasteiger partial charge is 0.463 e. The van der Waals surface area contributed by atoms with Crippen LogP contribution in [0, 0.1) is 0 Å². The number of halogens is 6. The average Bonchev–Trinajstić information content (AvgIpc) is 3.16. The number of esters is 1. The van der Waals surface area contributed by atoms with Gasteiger partial charge in [0.1, 0.15) is 0 Å². The maximum absolute atomic E-state index is 12.8. The van der Waals surface area contributed by atoms with Crippen molar-refractivity contribution in [2.45, 2.75) is 19.3 Å². The van der Waals surface area contributed by atoms with Crippen LogP contribution in [0.5, 0.6) is 0 Å². The molecule has 3 rings (SSSR count). The predicted octanol–water partition coefficient (Wildman–Crippen LogP) is 5.68. The third-order valence-corrected chi connectivity index (χ3v) is 4.21. The normalized spacial score (nSPS) is 12.3. The summed E-state index contributed by atoms with van der Waals surface area (Å²) in [5, 5.41) is 4.16. The van der Waals surface area contributed by atoms with Crippen molar-refractivity contribution in [3.63, 3.8) is 0 Å². The van der Waals surface area contributed by atoms with Crippen molar-refractivity contribution in [2.24, 2.45) is 0 Å². The number of nitrogens with zero attached hydrogens (tertiary/aromatic N) is 3. The molecule has 3 aromatic rings. The predicted molar refractivity (Wildman–Crippen MR) is 103 cm³/mol. The Labute approximate surface area is 178 Å². The topological polar surface area (TPSA) is 57.0 Å². The van der Waals surface area contributed by atoms with Crippen LogP contribution < -0.4 is 0 Å². The van der Waals surface area contributed by atoms with E-state index < -0.39 is 29.4 Å². The maximum atomic E-state index is 12.8. The lowest BCUT2D eigenvalue weighted by Gasteiger charge is -2.07. The number of ether oxygens (including phenoxy) is 1. The number of rotatable bonds is 5. The zero-order valence-electron chi connectivity index (χ0n) is 16.4. The molecule has 2 aromatic carbocycles. The van der Waals surface area contributed by atoms with Crippen LogP contribution in [-0.2, 0) is 21.9 Å². The minimum Gasteiger partial charge on any atom is -0.463 e. The van der Waals surface area contributed by atoms with Gasteiger partial charge >= 0.3 is 18.3 Å². The molecule has 1 aromatic heterocycles. The maximum Gasteiger partial charge on any atom is 0.416 e. The van der Waals surface area contributed by atoms with E-state index in [-0.39, 0.29) is 29.4 Å². The van der Waals surface area contributed by atoms with E-state index in [4.69, 9.17) is 4.74 Å². The molecule has 0 atom stereocenters. The van der Waals surface area contributed by atoms with E-state index in [0.29, 0.717) is 0 Å². The van der Waals surface area contributed by atoms with Gasteiger partial charge in [0, 0.05) is 23.4 Å². The van der Waals surface area contributed by atoms with E-state index in [1.165, 1.54) is 30.5 Å². The summed E-state index contributed by atoms with van der Waals surface area (Å²) in [7, 11) is 0. The number of hydrogen-bond acceptors (Lipinski definition) is 4. The zero-order valence-corrected chi connectivity index (χ0v) is 16.4. The van der Waals surface area contributed by atoms with Crippen molar-refractivity contribution in [3.05, 3.63) is 65.7 Å². The highest BCUT2D eigenvalue weighted by atomic mass is 19.4. The van der Waals surface area contributed by atoms with Crippen LogP contribution in [0.1, 0.15) is 18.1 Å². The van der Waals surface area contributed by atoms with Crippen LogP contribution >= 0.6 is 0 Å². The van der Waals surface area contributed by atoms with Gasteiger partial charge in [-0.3, -0.25) is 0 Å². The van der Waals surface area contributed by atoms with E-state index in [2.05, 4.69) is 10.1 Å². The first-order chi connectivity index (χ1) is 15.0. The van der Waals surface area contributed by atoms with E-state index in [1.54, 1.807) is 6.92 Å². The Bertz CT molecular complexity index is 1110. The van der Waals surface area contributed by atoms with Gasteiger partial charge < -0.3 is 4.74 Å². The SMILES string of the molecule is CCOC(=O)/C=C\n1nc(-c2ccc(C(F)(F)F)cc2)nc1-c1ccc(C(F)(F)F)cc1. The quantitative estimate of drug-likeness (QED) is 0.282. The second-order valence-electron chi connectivity index (χ2n) is 6.42. The van der Waals surface area contributed by atoms with Crippen molar-refractivity contribution < 1.29 is 35.9 Å². The molecule has 0 bridgehead atoms. The van der Waals surface area contributed by atoms with Gasteiger partial charge in [0.15, 0.2) is 11.6 Å². The minimum absolute atomic E-state index is 0.0159. The summed E-state index contributed by atoms with van der Waals surface area (Å²) < 4.78 is 82.9. The molecule has 168 valence electrons. The fourth-order valence-electron chi connectivity index (χ4n) is 2.68. The number of carbonyl (C=O) groups excluding carboxylic acids is 1. The molecule has 0 saturated carbocycles. The van der Waals surface area contributed by atoms with Crippen LogP contribution in [0.15, 0.2) is 54.6 Å². The fourth-order valence-corrected chi connectivity index (χ4v) is 2.68. The molecule has 5 nitrogen and oxygen atoms in total.